The summed E-state index contributed by atoms with van der Waals surface area (Å²) in [6.07, 6.45) is 0.529. The molecule has 1 unspecified atom stereocenters. The van der Waals surface area contributed by atoms with E-state index in [1.165, 1.54) is 4.90 Å². The molecule has 0 aliphatic carbocycles. The Bertz CT molecular complexity index is 553. The van der Waals surface area contributed by atoms with Crippen LogP contribution in [0.4, 0.5) is 4.79 Å². The lowest BCUT2D eigenvalue weighted by Crippen LogP contribution is -2.45. The van der Waals surface area contributed by atoms with Gasteiger partial charge >= 0.3 is 6.03 Å². The quantitative estimate of drug-likeness (QED) is 0.689. The highest BCUT2D eigenvalue weighted by Crippen LogP contribution is 2.30. The van der Waals surface area contributed by atoms with Crippen molar-refractivity contribution in [3.05, 3.63) is 34.9 Å². The van der Waals surface area contributed by atoms with Gasteiger partial charge in [0.25, 0.3) is 5.91 Å². The maximum atomic E-state index is 12.6. The Morgan fingerprint density at radius 3 is 2.25 bits per heavy atom. The Hall–Kier alpha value is -1.33. The van der Waals surface area contributed by atoms with Crippen molar-refractivity contribution in [3.63, 3.8) is 0 Å². The Morgan fingerprint density at radius 2 is 1.75 bits per heavy atom. The standard InChI is InChI=1S/C14H19ClN2O2Si/c1-14(10-5-7-11(15)8-6-10)12(18)17(13(19)16-14)9-20(2,3)4/h5-8H,9H2,1-4H3,(H,16,19). The number of nitrogens with zero attached hydrogens (tertiary/aromatic N) is 1. The van der Waals surface area contributed by atoms with Crippen molar-refractivity contribution < 1.29 is 9.59 Å². The van der Waals surface area contributed by atoms with Crippen LogP contribution in [-0.2, 0) is 10.3 Å². The number of nitrogens with one attached hydrogen (secondary N) is 1. The maximum Gasteiger partial charge on any atom is 0.325 e. The van der Waals surface area contributed by atoms with Crippen molar-refractivity contribution in [2.24, 2.45) is 0 Å². The van der Waals surface area contributed by atoms with Gasteiger partial charge in [-0.25, -0.2) is 4.79 Å². The number of rotatable bonds is 3. The number of amides is 3. The molecule has 2 rings (SSSR count). The summed E-state index contributed by atoms with van der Waals surface area (Å²) in [5.74, 6) is -0.188. The van der Waals surface area contributed by atoms with Gasteiger partial charge in [-0.3, -0.25) is 9.69 Å². The molecular formula is C14H19ClN2O2Si. The van der Waals surface area contributed by atoms with Crippen LogP contribution >= 0.6 is 11.6 Å². The minimum absolute atomic E-state index is 0.188. The lowest BCUT2D eigenvalue weighted by Gasteiger charge is -2.25. The first-order chi connectivity index (χ1) is 9.13. The smallest absolute Gasteiger partial charge is 0.319 e. The number of carbonyl (C=O) groups excluding carboxylic acids is 2. The molecule has 4 nitrogen and oxygen atoms in total. The van der Waals surface area contributed by atoms with Gasteiger partial charge in [0.15, 0.2) is 0 Å². The average molecular weight is 311 g/mol. The molecule has 1 aromatic carbocycles. The number of halogens is 1. The van der Waals surface area contributed by atoms with Gasteiger partial charge in [0, 0.05) is 11.2 Å². The van der Waals surface area contributed by atoms with E-state index in [1.54, 1.807) is 31.2 Å². The summed E-state index contributed by atoms with van der Waals surface area (Å²) in [7, 11) is -1.56. The summed E-state index contributed by atoms with van der Waals surface area (Å²) in [5, 5.41) is 3.41. The van der Waals surface area contributed by atoms with Gasteiger partial charge < -0.3 is 5.32 Å². The first-order valence-electron chi connectivity index (χ1n) is 6.54. The zero-order valence-electron chi connectivity index (χ0n) is 12.2. The molecule has 1 saturated heterocycles. The zero-order valence-corrected chi connectivity index (χ0v) is 13.9. The van der Waals surface area contributed by atoms with Crippen LogP contribution in [0, 0.1) is 0 Å². The minimum atomic E-state index is -1.56. The molecule has 3 amide bonds. The van der Waals surface area contributed by atoms with Crippen molar-refractivity contribution >= 4 is 31.6 Å². The molecule has 0 saturated carbocycles. The minimum Gasteiger partial charge on any atom is -0.319 e. The third kappa shape index (κ3) is 2.74. The number of urea groups is 1. The van der Waals surface area contributed by atoms with E-state index in [1.807, 2.05) is 0 Å². The molecule has 1 aliphatic heterocycles. The van der Waals surface area contributed by atoms with Crippen LogP contribution in [0.5, 0.6) is 0 Å². The van der Waals surface area contributed by atoms with Crippen LogP contribution in [0.15, 0.2) is 24.3 Å². The SMILES string of the molecule is CC1(c2ccc(Cl)cc2)NC(=O)N(C[Si](C)(C)C)C1=O. The summed E-state index contributed by atoms with van der Waals surface area (Å²) >= 11 is 5.87. The molecular weight excluding hydrogens is 292 g/mol. The molecule has 0 radical (unpaired) electrons. The van der Waals surface area contributed by atoms with Crippen LogP contribution in [0.1, 0.15) is 12.5 Å². The highest BCUT2D eigenvalue weighted by atomic mass is 35.5. The van der Waals surface area contributed by atoms with E-state index in [9.17, 15) is 9.59 Å². The highest BCUT2D eigenvalue weighted by Gasteiger charge is 2.49. The molecule has 1 aliphatic rings. The molecule has 108 valence electrons. The Kier molecular flexibility index (Phi) is 3.69. The number of hydrogen-bond acceptors (Lipinski definition) is 2. The van der Waals surface area contributed by atoms with Crippen molar-refractivity contribution in [2.75, 3.05) is 6.17 Å². The van der Waals surface area contributed by atoms with E-state index in [0.717, 1.165) is 5.56 Å². The zero-order chi connectivity index (χ0) is 15.1. The lowest BCUT2D eigenvalue weighted by molar-refractivity contribution is -0.130. The molecule has 1 atom stereocenters. The summed E-state index contributed by atoms with van der Waals surface area (Å²) in [4.78, 5) is 26.1. The second-order valence-electron chi connectivity index (χ2n) is 6.51. The Labute approximate surface area is 125 Å². The fourth-order valence-electron chi connectivity index (χ4n) is 2.29. The van der Waals surface area contributed by atoms with Gasteiger partial charge in [-0.15, -0.1) is 0 Å². The number of carbonyl (C=O) groups is 2. The molecule has 6 heteroatoms. The molecule has 1 heterocycles. The van der Waals surface area contributed by atoms with Gasteiger partial charge in [-0.2, -0.15) is 0 Å². The number of benzene rings is 1. The highest BCUT2D eigenvalue weighted by molar-refractivity contribution is 6.76. The Balaban J connectivity index is 2.33. The third-order valence-corrected chi connectivity index (χ3v) is 4.85. The topological polar surface area (TPSA) is 49.4 Å². The second kappa shape index (κ2) is 4.89. The van der Waals surface area contributed by atoms with Crippen LogP contribution in [0.2, 0.25) is 24.7 Å². The summed E-state index contributed by atoms with van der Waals surface area (Å²) in [6, 6.07) is 6.69. The summed E-state index contributed by atoms with van der Waals surface area (Å²) in [5.41, 5.74) is -0.250. The van der Waals surface area contributed by atoms with Gasteiger partial charge in [0.2, 0.25) is 0 Å². The average Bonchev–Trinajstić information content (AvgIpc) is 2.53. The van der Waals surface area contributed by atoms with Crippen molar-refractivity contribution in [1.29, 1.82) is 0 Å². The van der Waals surface area contributed by atoms with Crippen LogP contribution in [0.3, 0.4) is 0 Å². The van der Waals surface area contributed by atoms with Crippen molar-refractivity contribution in [3.8, 4) is 0 Å². The third-order valence-electron chi connectivity index (χ3n) is 3.33. The van der Waals surface area contributed by atoms with Gasteiger partial charge in [0.05, 0.1) is 8.07 Å². The molecule has 1 fully saturated rings. The summed E-state index contributed by atoms with van der Waals surface area (Å²) in [6.45, 7) is 8.13. The molecule has 0 aromatic heterocycles. The molecule has 1 aromatic rings. The lowest BCUT2D eigenvalue weighted by atomic mass is 9.92. The Morgan fingerprint density at radius 1 is 1.20 bits per heavy atom. The van der Waals surface area contributed by atoms with Gasteiger partial charge in [-0.05, 0) is 24.6 Å². The van der Waals surface area contributed by atoms with Crippen LogP contribution in [-0.4, -0.2) is 31.1 Å². The van der Waals surface area contributed by atoms with Crippen molar-refractivity contribution in [1.82, 2.24) is 10.2 Å². The molecule has 1 N–H and O–H groups in total. The van der Waals surface area contributed by atoms with Gasteiger partial charge in [-0.1, -0.05) is 43.4 Å². The first kappa shape index (κ1) is 15.1. The predicted octanol–water partition coefficient (Wildman–Crippen LogP) is 2.98. The van der Waals surface area contributed by atoms with E-state index in [2.05, 4.69) is 25.0 Å². The number of imide groups is 1. The normalized spacial score (nSPS) is 23.1. The largest absolute Gasteiger partial charge is 0.325 e. The fourth-order valence-corrected chi connectivity index (χ4v) is 3.66. The van der Waals surface area contributed by atoms with Crippen LogP contribution < -0.4 is 5.32 Å². The van der Waals surface area contributed by atoms with E-state index in [0.29, 0.717) is 11.2 Å². The first-order valence-corrected chi connectivity index (χ1v) is 10.6. The summed E-state index contributed by atoms with van der Waals surface area (Å²) < 4.78 is 0. The second-order valence-corrected chi connectivity index (χ2v) is 12.4. The van der Waals surface area contributed by atoms with Crippen LogP contribution in [0.25, 0.3) is 0 Å². The van der Waals surface area contributed by atoms with E-state index in [-0.39, 0.29) is 11.9 Å². The van der Waals surface area contributed by atoms with E-state index < -0.39 is 13.6 Å². The van der Waals surface area contributed by atoms with Crippen molar-refractivity contribution in [2.45, 2.75) is 32.1 Å². The molecule has 0 spiro atoms. The fraction of sp³-hybridized carbons (Fsp3) is 0.429. The van der Waals surface area contributed by atoms with E-state index >= 15 is 0 Å². The predicted molar refractivity (Wildman–Crippen MR) is 82.4 cm³/mol. The maximum absolute atomic E-state index is 12.6. The molecule has 0 bridgehead atoms. The monoisotopic (exact) mass is 310 g/mol. The molecule has 20 heavy (non-hydrogen) atoms. The van der Waals surface area contributed by atoms with Gasteiger partial charge in [0.1, 0.15) is 5.54 Å². The number of hydrogen-bond donors (Lipinski definition) is 1. The van der Waals surface area contributed by atoms with E-state index in [4.69, 9.17) is 11.6 Å².